The number of ketones is 1. The van der Waals surface area contributed by atoms with Crippen molar-refractivity contribution in [2.24, 2.45) is 5.41 Å². The van der Waals surface area contributed by atoms with Gasteiger partial charge in [0.1, 0.15) is 0 Å². The predicted molar refractivity (Wildman–Crippen MR) is 155 cm³/mol. The second-order valence-electron chi connectivity index (χ2n) is 10.1. The van der Waals surface area contributed by atoms with Crippen molar-refractivity contribution in [3.05, 3.63) is 108 Å². The Morgan fingerprint density at radius 3 is 1.31 bits per heavy atom. The summed E-state index contributed by atoms with van der Waals surface area (Å²) in [6.07, 6.45) is 0. The third-order valence-electron chi connectivity index (χ3n) is 6.14. The van der Waals surface area contributed by atoms with Crippen molar-refractivity contribution in [2.45, 2.75) is 25.5 Å². The van der Waals surface area contributed by atoms with Gasteiger partial charge in [0.2, 0.25) is 17.7 Å². The van der Waals surface area contributed by atoms with Gasteiger partial charge in [0.25, 0.3) is 0 Å². The fourth-order valence-electron chi connectivity index (χ4n) is 3.92. The van der Waals surface area contributed by atoms with E-state index in [1.807, 2.05) is 54.6 Å². The number of Topliss-reactive ketones (excluding diaryl/α,β-unsaturated/α-hetero) is 1. The molecular weight excluding hydrogens is 510 g/mol. The topological polar surface area (TPSA) is 104 Å². The normalized spacial score (nSPS) is 11.4. The molecule has 0 unspecified atom stereocenters. The summed E-state index contributed by atoms with van der Waals surface area (Å²) in [5.74, 6) is -1.28. The number of rotatable bonds is 12. The predicted octanol–water partition coefficient (Wildman–Crippen LogP) is 3.68. The first-order valence-electron chi connectivity index (χ1n) is 12.8. The SMILES string of the molecule is CC(C)(C)C(=O)CNC(=O)CNC(=O)CNC(=O)CSC(c1ccccc1)(c1ccccc1)c1ccccc1. The maximum absolute atomic E-state index is 12.9. The van der Waals surface area contributed by atoms with E-state index in [1.54, 1.807) is 20.8 Å². The van der Waals surface area contributed by atoms with Crippen LogP contribution in [0.3, 0.4) is 0 Å². The first-order valence-corrected chi connectivity index (χ1v) is 13.8. The summed E-state index contributed by atoms with van der Waals surface area (Å²) in [4.78, 5) is 49.0. The van der Waals surface area contributed by atoms with E-state index in [4.69, 9.17) is 0 Å². The number of carbonyl (C=O) groups excluding carboxylic acids is 4. The number of thioether (sulfide) groups is 1. The molecule has 3 N–H and O–H groups in total. The lowest BCUT2D eigenvalue weighted by Crippen LogP contribution is -2.44. The van der Waals surface area contributed by atoms with E-state index in [2.05, 4.69) is 52.3 Å². The van der Waals surface area contributed by atoms with Crippen LogP contribution in [-0.4, -0.2) is 48.9 Å². The standard InChI is InChI=1S/C31H35N3O4S/c1-30(2,3)26(35)19-32-27(36)20-33-28(37)21-34-29(38)22-39-31(23-13-7-4-8-14-23,24-15-9-5-10-16-24)25-17-11-6-12-18-25/h4-18H,19-22H2,1-3H3,(H,32,36)(H,33,37)(H,34,38). The monoisotopic (exact) mass is 545 g/mol. The van der Waals surface area contributed by atoms with E-state index in [-0.39, 0.29) is 37.1 Å². The molecule has 8 heteroatoms. The van der Waals surface area contributed by atoms with Crippen LogP contribution >= 0.6 is 11.8 Å². The number of hydrogen-bond acceptors (Lipinski definition) is 5. The van der Waals surface area contributed by atoms with Gasteiger partial charge >= 0.3 is 0 Å². The second-order valence-corrected chi connectivity index (χ2v) is 11.3. The highest BCUT2D eigenvalue weighted by Gasteiger charge is 2.37. The third-order valence-corrected chi connectivity index (χ3v) is 7.68. The van der Waals surface area contributed by atoms with Gasteiger partial charge in [-0.1, -0.05) is 112 Å². The molecule has 0 saturated carbocycles. The highest BCUT2D eigenvalue weighted by atomic mass is 32.2. The minimum atomic E-state index is -0.647. The Hall–Kier alpha value is -3.91. The van der Waals surface area contributed by atoms with Gasteiger partial charge in [-0.2, -0.15) is 0 Å². The maximum Gasteiger partial charge on any atom is 0.239 e. The van der Waals surface area contributed by atoms with Crippen LogP contribution in [0.1, 0.15) is 37.5 Å². The van der Waals surface area contributed by atoms with Gasteiger partial charge in [0.05, 0.1) is 30.1 Å². The van der Waals surface area contributed by atoms with Gasteiger partial charge in [-0.05, 0) is 16.7 Å². The van der Waals surface area contributed by atoms with Gasteiger partial charge in [-0.15, -0.1) is 11.8 Å². The lowest BCUT2D eigenvalue weighted by molar-refractivity contribution is -0.129. The maximum atomic E-state index is 12.9. The molecule has 204 valence electrons. The van der Waals surface area contributed by atoms with Crippen LogP contribution in [0.5, 0.6) is 0 Å². The Morgan fingerprint density at radius 1 is 0.564 bits per heavy atom. The van der Waals surface area contributed by atoms with Gasteiger partial charge in [-0.3, -0.25) is 19.2 Å². The first kappa shape index (κ1) is 29.6. The molecule has 3 aromatic carbocycles. The minimum absolute atomic E-state index is 0.0986. The Kier molecular flexibility index (Phi) is 10.5. The fourth-order valence-corrected chi connectivity index (χ4v) is 5.28. The van der Waals surface area contributed by atoms with E-state index in [9.17, 15) is 19.2 Å². The first-order chi connectivity index (χ1) is 18.6. The Morgan fingerprint density at radius 2 is 0.923 bits per heavy atom. The van der Waals surface area contributed by atoms with Crippen LogP contribution < -0.4 is 16.0 Å². The molecule has 3 aromatic rings. The number of carbonyl (C=O) groups is 4. The largest absolute Gasteiger partial charge is 0.347 e. The van der Waals surface area contributed by atoms with Gasteiger partial charge in [0, 0.05) is 5.41 Å². The van der Waals surface area contributed by atoms with Gasteiger partial charge in [0.15, 0.2) is 5.78 Å². The van der Waals surface area contributed by atoms with Crippen LogP contribution in [0, 0.1) is 5.41 Å². The van der Waals surface area contributed by atoms with Crippen LogP contribution in [0.25, 0.3) is 0 Å². The van der Waals surface area contributed by atoms with E-state index in [0.29, 0.717) is 0 Å². The molecule has 3 amide bonds. The fraction of sp³-hybridized carbons (Fsp3) is 0.290. The Bertz CT molecular complexity index is 1160. The molecule has 3 rings (SSSR count). The van der Waals surface area contributed by atoms with Gasteiger partial charge < -0.3 is 16.0 Å². The molecule has 0 aliphatic rings. The number of hydrogen-bond donors (Lipinski definition) is 3. The average Bonchev–Trinajstić information content (AvgIpc) is 2.95. The van der Waals surface area contributed by atoms with Crippen LogP contribution in [0.15, 0.2) is 91.0 Å². The van der Waals surface area contributed by atoms with Gasteiger partial charge in [-0.25, -0.2) is 0 Å². The molecule has 7 nitrogen and oxygen atoms in total. The molecule has 0 spiro atoms. The summed E-state index contributed by atoms with van der Waals surface area (Å²) < 4.78 is -0.647. The zero-order chi connectivity index (χ0) is 28.3. The molecule has 0 fully saturated rings. The summed E-state index contributed by atoms with van der Waals surface area (Å²) in [6.45, 7) is 4.68. The third kappa shape index (κ3) is 8.29. The molecule has 0 aliphatic carbocycles. The van der Waals surface area contributed by atoms with E-state index >= 15 is 0 Å². The molecule has 0 radical (unpaired) electrons. The molecule has 39 heavy (non-hydrogen) atoms. The number of nitrogens with one attached hydrogen (secondary N) is 3. The summed E-state index contributed by atoms with van der Waals surface area (Å²) in [5, 5.41) is 7.61. The second kappa shape index (κ2) is 13.8. The summed E-state index contributed by atoms with van der Waals surface area (Å²) in [7, 11) is 0. The lowest BCUT2D eigenvalue weighted by atomic mass is 9.84. The summed E-state index contributed by atoms with van der Waals surface area (Å²) >= 11 is 1.48. The van der Waals surface area contributed by atoms with Crippen molar-refractivity contribution in [1.29, 1.82) is 0 Å². The van der Waals surface area contributed by atoms with Crippen molar-refractivity contribution < 1.29 is 19.2 Å². The highest BCUT2D eigenvalue weighted by molar-refractivity contribution is 8.01. The van der Waals surface area contributed by atoms with Crippen molar-refractivity contribution >= 4 is 35.3 Å². The van der Waals surface area contributed by atoms with Crippen molar-refractivity contribution in [3.8, 4) is 0 Å². The van der Waals surface area contributed by atoms with Crippen molar-refractivity contribution in [3.63, 3.8) is 0 Å². The zero-order valence-electron chi connectivity index (χ0n) is 22.5. The lowest BCUT2D eigenvalue weighted by Gasteiger charge is -2.35. The Labute approximate surface area is 234 Å². The average molecular weight is 546 g/mol. The summed E-state index contributed by atoms with van der Waals surface area (Å²) in [6, 6.07) is 30.1. The van der Waals surface area contributed by atoms with Crippen LogP contribution in [0.2, 0.25) is 0 Å². The highest BCUT2D eigenvalue weighted by Crippen LogP contribution is 2.48. The molecule has 0 aliphatic heterocycles. The van der Waals surface area contributed by atoms with Crippen LogP contribution in [-0.2, 0) is 23.9 Å². The summed E-state index contributed by atoms with van der Waals surface area (Å²) in [5.41, 5.74) is 2.55. The van der Waals surface area contributed by atoms with E-state index in [0.717, 1.165) is 16.7 Å². The van der Waals surface area contributed by atoms with Crippen LogP contribution in [0.4, 0.5) is 0 Å². The zero-order valence-corrected chi connectivity index (χ0v) is 23.3. The molecule has 0 aromatic heterocycles. The molecule has 0 atom stereocenters. The molecule has 0 saturated heterocycles. The Balaban J connectivity index is 1.63. The van der Waals surface area contributed by atoms with Crippen molar-refractivity contribution in [1.82, 2.24) is 16.0 Å². The van der Waals surface area contributed by atoms with E-state index in [1.165, 1.54) is 11.8 Å². The minimum Gasteiger partial charge on any atom is -0.347 e. The quantitative estimate of drug-likeness (QED) is 0.301. The number of benzene rings is 3. The van der Waals surface area contributed by atoms with Crippen molar-refractivity contribution in [2.75, 3.05) is 25.4 Å². The smallest absolute Gasteiger partial charge is 0.239 e. The van der Waals surface area contributed by atoms with E-state index < -0.39 is 22.0 Å². The molecule has 0 heterocycles. The molecule has 0 bridgehead atoms. The molecular formula is C31H35N3O4S. The number of amides is 3.